The normalized spacial score (nSPS) is 12.4. The summed E-state index contributed by atoms with van der Waals surface area (Å²) in [6.45, 7) is 8.09. The minimum atomic E-state index is -0.721. The molecule has 0 bridgehead atoms. The van der Waals surface area contributed by atoms with Crippen molar-refractivity contribution in [1.29, 1.82) is 0 Å². The molecule has 9 heteroatoms. The highest BCUT2D eigenvalue weighted by Crippen LogP contribution is 2.30. The first-order chi connectivity index (χ1) is 16.7. The maximum absolute atomic E-state index is 12.3. The number of carbonyl (C=O) groups excluding carboxylic acids is 4. The van der Waals surface area contributed by atoms with E-state index in [-0.39, 0.29) is 55.8 Å². The quantitative estimate of drug-likeness (QED) is 0.209. The van der Waals surface area contributed by atoms with Crippen LogP contribution in [-0.2, 0) is 35.1 Å². The van der Waals surface area contributed by atoms with Crippen LogP contribution in [0.15, 0.2) is 18.2 Å². The largest absolute Gasteiger partial charge is 0.468 e. The summed E-state index contributed by atoms with van der Waals surface area (Å²) in [5, 5.41) is 3.04. The number of ether oxygens (including phenoxy) is 4. The van der Waals surface area contributed by atoms with Crippen molar-refractivity contribution in [3.63, 3.8) is 0 Å². The van der Waals surface area contributed by atoms with E-state index in [4.69, 9.17) is 18.9 Å². The Bertz CT molecular complexity index is 839. The molecule has 0 fully saturated rings. The fourth-order valence-electron chi connectivity index (χ4n) is 3.10. The van der Waals surface area contributed by atoms with Gasteiger partial charge in [-0.15, -0.1) is 0 Å². The van der Waals surface area contributed by atoms with Crippen LogP contribution >= 0.6 is 0 Å². The highest BCUT2D eigenvalue weighted by molar-refractivity contribution is 5.77. The standard InChI is InChI=1S/C26H39NO8/c1-6-9-23(28)34-21-12-11-19(17-22(21)35-24(29)10-7-2)16-20(26(31)32-5)27-13-14-33-25(30)15-18(4)8-3/h11-12,17-18,20,27H,6-10,13-16H2,1-5H3/t18?,20-/m0/s1. The van der Waals surface area contributed by atoms with E-state index in [1.807, 2.05) is 27.7 Å². The highest BCUT2D eigenvalue weighted by Gasteiger charge is 2.21. The first-order valence-corrected chi connectivity index (χ1v) is 12.2. The summed E-state index contributed by atoms with van der Waals surface area (Å²) in [7, 11) is 1.29. The van der Waals surface area contributed by atoms with E-state index in [1.165, 1.54) is 7.11 Å². The Morgan fingerprint density at radius 1 is 0.914 bits per heavy atom. The van der Waals surface area contributed by atoms with Gasteiger partial charge in [-0.25, -0.2) is 0 Å². The average molecular weight is 494 g/mol. The van der Waals surface area contributed by atoms with Crippen molar-refractivity contribution in [3.8, 4) is 11.5 Å². The Balaban J connectivity index is 2.89. The maximum atomic E-state index is 12.3. The molecule has 0 radical (unpaired) electrons. The lowest BCUT2D eigenvalue weighted by Crippen LogP contribution is -2.41. The molecule has 0 aliphatic carbocycles. The predicted molar refractivity (Wildman–Crippen MR) is 130 cm³/mol. The molecule has 0 saturated heterocycles. The van der Waals surface area contributed by atoms with Gasteiger partial charge in [0.2, 0.25) is 0 Å². The topological polar surface area (TPSA) is 117 Å². The number of rotatable bonds is 16. The molecule has 0 aromatic heterocycles. The van der Waals surface area contributed by atoms with E-state index >= 15 is 0 Å². The van der Waals surface area contributed by atoms with E-state index in [0.717, 1.165) is 6.42 Å². The molecule has 0 aliphatic rings. The SMILES string of the molecule is CCCC(=O)Oc1ccc(C[C@H](NCCOC(=O)CC(C)CC)C(=O)OC)cc1OC(=O)CCC. The number of nitrogens with one attached hydrogen (secondary N) is 1. The summed E-state index contributed by atoms with van der Waals surface area (Å²) in [6.07, 6.45) is 3.15. The molecule has 1 aromatic rings. The van der Waals surface area contributed by atoms with Crippen LogP contribution in [0.5, 0.6) is 11.5 Å². The van der Waals surface area contributed by atoms with Gasteiger partial charge in [0, 0.05) is 25.8 Å². The van der Waals surface area contributed by atoms with Gasteiger partial charge in [-0.1, -0.05) is 40.2 Å². The number of carbonyl (C=O) groups is 4. The molecular formula is C26H39NO8. The third kappa shape index (κ3) is 11.8. The van der Waals surface area contributed by atoms with Gasteiger partial charge in [0.25, 0.3) is 0 Å². The van der Waals surface area contributed by atoms with Gasteiger partial charge >= 0.3 is 23.9 Å². The molecule has 0 aliphatic heterocycles. The number of hydrogen-bond donors (Lipinski definition) is 1. The van der Waals surface area contributed by atoms with Gasteiger partial charge in [0.05, 0.1) is 7.11 Å². The van der Waals surface area contributed by atoms with Gasteiger partial charge in [-0.2, -0.15) is 0 Å². The molecular weight excluding hydrogens is 454 g/mol. The summed E-state index contributed by atoms with van der Waals surface area (Å²) in [5.41, 5.74) is 0.663. The lowest BCUT2D eigenvalue weighted by atomic mass is 10.0. The van der Waals surface area contributed by atoms with Crippen LogP contribution in [-0.4, -0.2) is 50.2 Å². The average Bonchev–Trinajstić information content (AvgIpc) is 2.82. The molecule has 196 valence electrons. The van der Waals surface area contributed by atoms with Crippen molar-refractivity contribution < 1.29 is 38.1 Å². The molecule has 35 heavy (non-hydrogen) atoms. The van der Waals surface area contributed by atoms with E-state index in [2.05, 4.69) is 5.32 Å². The molecule has 1 rings (SSSR count). The van der Waals surface area contributed by atoms with Crippen LogP contribution in [0.25, 0.3) is 0 Å². The Morgan fingerprint density at radius 2 is 1.54 bits per heavy atom. The smallest absolute Gasteiger partial charge is 0.323 e. The van der Waals surface area contributed by atoms with Crippen molar-refractivity contribution >= 4 is 23.9 Å². The Morgan fingerprint density at radius 3 is 2.11 bits per heavy atom. The predicted octanol–water partition coefficient (Wildman–Crippen LogP) is 3.75. The summed E-state index contributed by atoms with van der Waals surface area (Å²) in [6, 6.07) is 4.09. The summed E-state index contributed by atoms with van der Waals surface area (Å²) < 4.78 is 20.9. The minimum Gasteiger partial charge on any atom is -0.468 e. The second kappa shape index (κ2) is 16.6. The zero-order valence-electron chi connectivity index (χ0n) is 21.5. The molecule has 9 nitrogen and oxygen atoms in total. The first-order valence-electron chi connectivity index (χ1n) is 12.2. The minimum absolute atomic E-state index is 0.119. The van der Waals surface area contributed by atoms with Crippen molar-refractivity contribution in [2.24, 2.45) is 5.92 Å². The second-order valence-corrected chi connectivity index (χ2v) is 8.40. The van der Waals surface area contributed by atoms with Crippen LogP contribution in [0.1, 0.15) is 71.8 Å². The van der Waals surface area contributed by atoms with Gasteiger partial charge < -0.3 is 24.3 Å². The van der Waals surface area contributed by atoms with Crippen molar-refractivity contribution in [3.05, 3.63) is 23.8 Å². The molecule has 2 atom stereocenters. The lowest BCUT2D eigenvalue weighted by molar-refractivity contribution is -0.145. The fraction of sp³-hybridized carbons (Fsp3) is 0.615. The van der Waals surface area contributed by atoms with Gasteiger partial charge in [0.1, 0.15) is 12.6 Å². The van der Waals surface area contributed by atoms with Gasteiger partial charge in [0.15, 0.2) is 11.5 Å². The second-order valence-electron chi connectivity index (χ2n) is 8.40. The zero-order valence-corrected chi connectivity index (χ0v) is 21.5. The summed E-state index contributed by atoms with van der Waals surface area (Å²) in [4.78, 5) is 48.2. The summed E-state index contributed by atoms with van der Waals surface area (Å²) in [5.74, 6) is -1.12. The van der Waals surface area contributed by atoms with Crippen LogP contribution < -0.4 is 14.8 Å². The summed E-state index contributed by atoms with van der Waals surface area (Å²) >= 11 is 0. The third-order valence-electron chi connectivity index (χ3n) is 5.26. The molecule has 1 N–H and O–H groups in total. The maximum Gasteiger partial charge on any atom is 0.323 e. The van der Waals surface area contributed by atoms with E-state index in [9.17, 15) is 19.2 Å². The number of esters is 4. The van der Waals surface area contributed by atoms with E-state index < -0.39 is 23.9 Å². The molecule has 0 heterocycles. The third-order valence-corrected chi connectivity index (χ3v) is 5.26. The van der Waals surface area contributed by atoms with Crippen LogP contribution in [0.3, 0.4) is 0 Å². The van der Waals surface area contributed by atoms with Gasteiger partial charge in [-0.3, -0.25) is 19.2 Å². The van der Waals surface area contributed by atoms with Crippen molar-refractivity contribution in [1.82, 2.24) is 5.32 Å². The first kappa shape index (κ1) is 30.1. The number of hydrogen-bond acceptors (Lipinski definition) is 9. The molecule has 0 spiro atoms. The molecule has 0 amide bonds. The van der Waals surface area contributed by atoms with Crippen molar-refractivity contribution in [2.75, 3.05) is 20.3 Å². The molecule has 1 aromatic carbocycles. The Hall–Kier alpha value is -2.94. The lowest BCUT2D eigenvalue weighted by Gasteiger charge is -2.18. The van der Waals surface area contributed by atoms with E-state index in [1.54, 1.807) is 18.2 Å². The van der Waals surface area contributed by atoms with E-state index in [0.29, 0.717) is 24.8 Å². The fourth-order valence-corrected chi connectivity index (χ4v) is 3.10. The van der Waals surface area contributed by atoms with Crippen LogP contribution in [0.2, 0.25) is 0 Å². The highest BCUT2D eigenvalue weighted by atomic mass is 16.6. The van der Waals surface area contributed by atoms with Crippen LogP contribution in [0, 0.1) is 5.92 Å². The van der Waals surface area contributed by atoms with Gasteiger partial charge in [-0.05, 0) is 42.9 Å². The number of benzene rings is 1. The Kier molecular flexibility index (Phi) is 14.3. The van der Waals surface area contributed by atoms with Crippen molar-refractivity contribution in [2.45, 2.75) is 78.7 Å². The Labute approximate surface area is 207 Å². The molecule has 1 unspecified atom stereocenters. The molecule has 0 saturated carbocycles. The monoisotopic (exact) mass is 493 g/mol. The zero-order chi connectivity index (χ0) is 26.2. The number of methoxy groups -OCH3 is 1. The van der Waals surface area contributed by atoms with Crippen LogP contribution in [0.4, 0.5) is 0 Å².